The van der Waals surface area contributed by atoms with Gasteiger partial charge in [-0.1, -0.05) is 35.3 Å². The Labute approximate surface area is 179 Å². The Kier molecular flexibility index (Phi) is 5.63. The van der Waals surface area contributed by atoms with Crippen molar-refractivity contribution in [2.24, 2.45) is 5.10 Å². The molecular weight excluding hydrogens is 439 g/mol. The first-order valence-electron chi connectivity index (χ1n) is 8.03. The van der Waals surface area contributed by atoms with Crippen molar-refractivity contribution in [2.45, 2.75) is 6.61 Å². The molecule has 0 amide bonds. The zero-order valence-corrected chi connectivity index (χ0v) is 17.3. The van der Waals surface area contributed by atoms with Gasteiger partial charge in [-0.25, -0.2) is 5.10 Å². The molecule has 0 saturated heterocycles. The predicted octanol–water partition coefficient (Wildman–Crippen LogP) is 6.03. The fraction of sp³-hybridized carbons (Fsp3) is 0.0556. The summed E-state index contributed by atoms with van der Waals surface area (Å²) in [6.07, 6.45) is 1.56. The zero-order valence-electron chi connectivity index (χ0n) is 14.1. The van der Waals surface area contributed by atoms with Gasteiger partial charge in [-0.2, -0.15) is 14.9 Å². The number of furan rings is 1. The summed E-state index contributed by atoms with van der Waals surface area (Å²) in [5, 5.41) is 14.2. The minimum absolute atomic E-state index is 0.183. The van der Waals surface area contributed by atoms with Crippen LogP contribution in [-0.4, -0.2) is 21.1 Å². The van der Waals surface area contributed by atoms with E-state index in [1.165, 1.54) is 0 Å². The maximum Gasteiger partial charge on any atom is 0.216 e. The molecule has 142 valence electrons. The molecular formula is C18H12Cl2N4O2S2. The van der Waals surface area contributed by atoms with Crippen molar-refractivity contribution in [3.63, 3.8) is 0 Å². The zero-order chi connectivity index (χ0) is 19.5. The molecule has 0 radical (unpaired) electrons. The molecule has 4 rings (SSSR count). The fourth-order valence-corrected chi connectivity index (χ4v) is 3.77. The minimum atomic E-state index is 0.183. The van der Waals surface area contributed by atoms with Crippen molar-refractivity contribution in [1.29, 1.82) is 0 Å². The summed E-state index contributed by atoms with van der Waals surface area (Å²) < 4.78 is 13.3. The summed E-state index contributed by atoms with van der Waals surface area (Å²) in [6.45, 7) is 0.183. The molecule has 0 atom stereocenters. The topological polar surface area (TPSA) is 68.3 Å². The smallest absolute Gasteiger partial charge is 0.216 e. The standard InChI is InChI=1S/C18H12Cl2N4O2S2/c19-13-3-1-4-14(20)16(13)25-10-12-7-6-11(26-12)9-21-24-17(22-23-18(24)27)15-5-2-8-28-15/h1-9H,10H2,(H,23,27)/b21-9+. The Morgan fingerprint density at radius 2 is 2.04 bits per heavy atom. The van der Waals surface area contributed by atoms with Gasteiger partial charge in [0.2, 0.25) is 4.77 Å². The molecule has 0 fully saturated rings. The number of nitrogens with one attached hydrogen (secondary N) is 1. The van der Waals surface area contributed by atoms with Crippen molar-refractivity contribution in [1.82, 2.24) is 14.9 Å². The third-order valence-corrected chi connectivity index (χ3v) is 5.38. The Balaban J connectivity index is 1.49. The van der Waals surface area contributed by atoms with E-state index >= 15 is 0 Å². The molecule has 10 heteroatoms. The van der Waals surface area contributed by atoms with E-state index in [9.17, 15) is 0 Å². The van der Waals surface area contributed by atoms with Gasteiger partial charge in [-0.05, 0) is 47.9 Å². The number of nitrogens with zero attached hydrogens (tertiary/aromatic N) is 3. The second-order valence-corrected chi connectivity index (χ2v) is 7.68. The number of benzene rings is 1. The number of aromatic nitrogens is 3. The second-order valence-electron chi connectivity index (χ2n) is 5.53. The largest absolute Gasteiger partial charge is 0.483 e. The molecule has 28 heavy (non-hydrogen) atoms. The van der Waals surface area contributed by atoms with E-state index in [0.29, 0.717) is 37.9 Å². The van der Waals surface area contributed by atoms with Crippen molar-refractivity contribution in [2.75, 3.05) is 0 Å². The monoisotopic (exact) mass is 450 g/mol. The number of hydrogen-bond acceptors (Lipinski definition) is 6. The number of H-pyrrole nitrogens is 1. The molecule has 0 spiro atoms. The fourth-order valence-electron chi connectivity index (χ4n) is 2.38. The molecule has 3 aromatic heterocycles. The van der Waals surface area contributed by atoms with Gasteiger partial charge in [0, 0.05) is 0 Å². The summed E-state index contributed by atoms with van der Waals surface area (Å²) in [5.41, 5.74) is 0. The number of hydrogen-bond donors (Lipinski definition) is 1. The molecule has 1 N–H and O–H groups in total. The van der Waals surface area contributed by atoms with Gasteiger partial charge >= 0.3 is 0 Å². The van der Waals surface area contributed by atoms with Crippen LogP contribution in [-0.2, 0) is 6.61 Å². The third kappa shape index (κ3) is 4.05. The van der Waals surface area contributed by atoms with Gasteiger partial charge in [0.15, 0.2) is 11.6 Å². The molecule has 0 saturated carbocycles. The van der Waals surface area contributed by atoms with E-state index in [1.54, 1.807) is 52.6 Å². The number of rotatable bonds is 6. The summed E-state index contributed by atoms with van der Waals surface area (Å²) in [6, 6.07) is 12.6. The number of halogens is 2. The summed E-state index contributed by atoms with van der Waals surface area (Å²) in [5.74, 6) is 2.21. The van der Waals surface area contributed by atoms with E-state index in [1.807, 2.05) is 17.5 Å². The van der Waals surface area contributed by atoms with Gasteiger partial charge in [0.25, 0.3) is 0 Å². The number of ether oxygens (including phenoxy) is 1. The molecule has 0 unspecified atom stereocenters. The lowest BCUT2D eigenvalue weighted by Gasteiger charge is -2.07. The normalized spacial score (nSPS) is 11.4. The highest BCUT2D eigenvalue weighted by molar-refractivity contribution is 7.71. The summed E-state index contributed by atoms with van der Waals surface area (Å²) in [7, 11) is 0. The van der Waals surface area contributed by atoms with Crippen molar-refractivity contribution in [3.8, 4) is 16.5 Å². The van der Waals surface area contributed by atoms with E-state index in [4.69, 9.17) is 44.6 Å². The lowest BCUT2D eigenvalue weighted by molar-refractivity contribution is 0.270. The predicted molar refractivity (Wildman–Crippen MR) is 113 cm³/mol. The van der Waals surface area contributed by atoms with Crippen LogP contribution >= 0.6 is 46.8 Å². The van der Waals surface area contributed by atoms with Crippen LogP contribution in [0.4, 0.5) is 0 Å². The SMILES string of the molecule is S=c1[nH]nc(-c2cccs2)n1/N=C/c1ccc(COc2c(Cl)cccc2Cl)o1. The van der Waals surface area contributed by atoms with Crippen molar-refractivity contribution in [3.05, 3.63) is 74.2 Å². The van der Waals surface area contributed by atoms with Crippen LogP contribution in [0.15, 0.2) is 57.4 Å². The van der Waals surface area contributed by atoms with Crippen LogP contribution in [0.1, 0.15) is 11.5 Å². The highest BCUT2D eigenvalue weighted by Gasteiger charge is 2.10. The lowest BCUT2D eigenvalue weighted by Crippen LogP contribution is -1.95. The van der Waals surface area contributed by atoms with Crippen molar-refractivity contribution >= 4 is 53.0 Å². The maximum absolute atomic E-state index is 6.10. The highest BCUT2D eigenvalue weighted by atomic mass is 35.5. The average molecular weight is 451 g/mol. The molecule has 4 aromatic rings. The quantitative estimate of drug-likeness (QED) is 0.287. The molecule has 1 aromatic carbocycles. The van der Waals surface area contributed by atoms with Gasteiger partial charge < -0.3 is 9.15 Å². The third-order valence-electron chi connectivity index (χ3n) is 3.65. The Hall–Kier alpha value is -2.39. The summed E-state index contributed by atoms with van der Waals surface area (Å²) >= 11 is 19.0. The van der Waals surface area contributed by atoms with Crippen molar-refractivity contribution < 1.29 is 9.15 Å². The van der Waals surface area contributed by atoms with Crippen LogP contribution in [0.25, 0.3) is 10.7 Å². The Morgan fingerprint density at radius 3 is 2.79 bits per heavy atom. The lowest BCUT2D eigenvalue weighted by atomic mass is 10.3. The molecule has 6 nitrogen and oxygen atoms in total. The maximum atomic E-state index is 6.10. The molecule has 3 heterocycles. The second kappa shape index (κ2) is 8.32. The van der Waals surface area contributed by atoms with Gasteiger partial charge in [-0.15, -0.1) is 11.3 Å². The molecule has 0 aliphatic heterocycles. The number of para-hydroxylation sites is 1. The first-order valence-corrected chi connectivity index (χ1v) is 10.1. The van der Waals surface area contributed by atoms with Gasteiger partial charge in [0.05, 0.1) is 21.1 Å². The van der Waals surface area contributed by atoms with Gasteiger partial charge in [-0.3, -0.25) is 0 Å². The van der Waals surface area contributed by atoms with E-state index < -0.39 is 0 Å². The Bertz CT molecular complexity index is 1160. The van der Waals surface area contributed by atoms with Crippen LogP contribution in [0, 0.1) is 4.77 Å². The van der Waals surface area contributed by atoms with E-state index in [-0.39, 0.29) is 6.61 Å². The molecule has 0 aliphatic rings. The highest BCUT2D eigenvalue weighted by Crippen LogP contribution is 2.33. The molecule has 0 bridgehead atoms. The van der Waals surface area contributed by atoms with E-state index in [2.05, 4.69) is 15.3 Å². The van der Waals surface area contributed by atoms with Crippen LogP contribution < -0.4 is 4.74 Å². The number of aromatic amines is 1. The van der Waals surface area contributed by atoms with Gasteiger partial charge in [0.1, 0.15) is 18.1 Å². The number of thiophene rings is 1. The minimum Gasteiger partial charge on any atom is -0.483 e. The summed E-state index contributed by atoms with van der Waals surface area (Å²) in [4.78, 5) is 0.953. The van der Waals surface area contributed by atoms with Crippen LogP contribution in [0.2, 0.25) is 10.0 Å². The average Bonchev–Trinajstić information content (AvgIpc) is 3.41. The molecule has 0 aliphatic carbocycles. The Morgan fingerprint density at radius 1 is 1.21 bits per heavy atom. The first kappa shape index (κ1) is 18.9. The van der Waals surface area contributed by atoms with E-state index in [0.717, 1.165) is 4.88 Å². The van der Waals surface area contributed by atoms with Crippen LogP contribution in [0.5, 0.6) is 5.75 Å². The first-order chi connectivity index (χ1) is 13.6. The van der Waals surface area contributed by atoms with Crippen LogP contribution in [0.3, 0.4) is 0 Å².